The lowest BCUT2D eigenvalue weighted by atomic mass is 10.2. The van der Waals surface area contributed by atoms with Crippen LogP contribution in [0, 0.1) is 5.82 Å². The Morgan fingerprint density at radius 3 is 2.94 bits per heavy atom. The predicted octanol–water partition coefficient (Wildman–Crippen LogP) is 2.72. The fraction of sp³-hybridized carbons (Fsp3) is 0.538. The van der Waals surface area contributed by atoms with Crippen LogP contribution in [-0.2, 0) is 16.0 Å². The molecule has 2 rings (SSSR count). The summed E-state index contributed by atoms with van der Waals surface area (Å²) in [6.45, 7) is 5.35. The average molecular weight is 274 g/mol. The van der Waals surface area contributed by atoms with Crippen LogP contribution >= 0.6 is 11.6 Å². The summed E-state index contributed by atoms with van der Waals surface area (Å²) in [5.41, 5.74) is 0.556. The van der Waals surface area contributed by atoms with Crippen molar-refractivity contribution in [2.45, 2.75) is 32.3 Å². The van der Waals surface area contributed by atoms with Crippen LogP contribution in [0.2, 0.25) is 5.02 Å². The van der Waals surface area contributed by atoms with Crippen LogP contribution in [0.5, 0.6) is 0 Å². The molecule has 1 atom stereocenters. The summed E-state index contributed by atoms with van der Waals surface area (Å²) < 4.78 is 24.7. The van der Waals surface area contributed by atoms with Gasteiger partial charge in [0.05, 0.1) is 17.7 Å². The van der Waals surface area contributed by atoms with Crippen molar-refractivity contribution >= 4 is 11.6 Å². The molecule has 0 aliphatic carbocycles. The molecule has 1 heterocycles. The molecule has 1 unspecified atom stereocenters. The van der Waals surface area contributed by atoms with Crippen molar-refractivity contribution in [3.63, 3.8) is 0 Å². The Morgan fingerprint density at radius 2 is 2.28 bits per heavy atom. The SMILES string of the molecule is CC1(C)OCC(CNCc2cccc(Cl)c2F)O1. The number of halogens is 2. The minimum absolute atomic E-state index is 0.00208. The molecule has 100 valence electrons. The summed E-state index contributed by atoms with van der Waals surface area (Å²) in [4.78, 5) is 0. The predicted molar refractivity (Wildman–Crippen MR) is 68.0 cm³/mol. The van der Waals surface area contributed by atoms with E-state index >= 15 is 0 Å². The Bertz CT molecular complexity index is 425. The van der Waals surface area contributed by atoms with E-state index in [1.807, 2.05) is 13.8 Å². The number of benzene rings is 1. The maximum Gasteiger partial charge on any atom is 0.163 e. The lowest BCUT2D eigenvalue weighted by molar-refractivity contribution is -0.137. The van der Waals surface area contributed by atoms with Gasteiger partial charge in [-0.05, 0) is 19.9 Å². The third-order valence-corrected chi connectivity index (χ3v) is 3.08. The van der Waals surface area contributed by atoms with Crippen LogP contribution in [0.3, 0.4) is 0 Å². The van der Waals surface area contributed by atoms with E-state index in [4.69, 9.17) is 21.1 Å². The number of nitrogens with one attached hydrogen (secondary N) is 1. The first-order chi connectivity index (χ1) is 8.48. The zero-order valence-corrected chi connectivity index (χ0v) is 11.3. The maximum atomic E-state index is 13.6. The normalized spacial score (nSPS) is 22.3. The Morgan fingerprint density at radius 1 is 1.50 bits per heavy atom. The first-order valence-electron chi connectivity index (χ1n) is 5.93. The average Bonchev–Trinajstić information content (AvgIpc) is 2.64. The molecule has 0 amide bonds. The van der Waals surface area contributed by atoms with Gasteiger partial charge in [-0.15, -0.1) is 0 Å². The van der Waals surface area contributed by atoms with Crippen molar-refractivity contribution in [2.24, 2.45) is 0 Å². The number of rotatable bonds is 4. The van der Waals surface area contributed by atoms with Crippen molar-refractivity contribution in [3.8, 4) is 0 Å². The van der Waals surface area contributed by atoms with Gasteiger partial charge in [0.2, 0.25) is 0 Å². The topological polar surface area (TPSA) is 30.5 Å². The molecule has 1 aliphatic heterocycles. The molecular formula is C13H17ClFNO2. The highest BCUT2D eigenvalue weighted by atomic mass is 35.5. The zero-order chi connectivity index (χ0) is 13.2. The quantitative estimate of drug-likeness (QED) is 0.915. The van der Waals surface area contributed by atoms with Gasteiger partial charge in [0.25, 0.3) is 0 Å². The van der Waals surface area contributed by atoms with E-state index < -0.39 is 5.79 Å². The van der Waals surface area contributed by atoms with Crippen molar-refractivity contribution in [1.82, 2.24) is 5.32 Å². The fourth-order valence-electron chi connectivity index (χ4n) is 1.92. The van der Waals surface area contributed by atoms with E-state index in [1.54, 1.807) is 12.1 Å². The molecule has 18 heavy (non-hydrogen) atoms. The summed E-state index contributed by atoms with van der Waals surface area (Å²) in [5, 5.41) is 3.29. The largest absolute Gasteiger partial charge is 0.348 e. The smallest absolute Gasteiger partial charge is 0.163 e. The highest BCUT2D eigenvalue weighted by molar-refractivity contribution is 6.30. The van der Waals surface area contributed by atoms with Crippen LogP contribution in [0.25, 0.3) is 0 Å². The highest BCUT2D eigenvalue weighted by Gasteiger charge is 2.32. The van der Waals surface area contributed by atoms with Crippen LogP contribution in [0.15, 0.2) is 18.2 Å². The number of hydrogen-bond donors (Lipinski definition) is 1. The summed E-state index contributed by atoms with van der Waals surface area (Å²) in [6.07, 6.45) is 0.00208. The van der Waals surface area contributed by atoms with Gasteiger partial charge in [-0.25, -0.2) is 4.39 Å². The Hall–Kier alpha value is -0.680. The third kappa shape index (κ3) is 3.42. The fourth-order valence-corrected chi connectivity index (χ4v) is 2.11. The lowest BCUT2D eigenvalue weighted by Crippen LogP contribution is -2.30. The van der Waals surface area contributed by atoms with E-state index in [0.717, 1.165) is 0 Å². The van der Waals surface area contributed by atoms with Gasteiger partial charge >= 0.3 is 0 Å². The summed E-state index contributed by atoms with van der Waals surface area (Å²) in [7, 11) is 0. The second kappa shape index (κ2) is 5.53. The minimum atomic E-state index is -0.520. The van der Waals surface area contributed by atoms with Gasteiger partial charge in [-0.1, -0.05) is 23.7 Å². The molecule has 0 aromatic heterocycles. The van der Waals surface area contributed by atoms with Crippen molar-refractivity contribution in [3.05, 3.63) is 34.6 Å². The number of ether oxygens (including phenoxy) is 2. The maximum absolute atomic E-state index is 13.6. The molecule has 1 saturated heterocycles. The lowest BCUT2D eigenvalue weighted by Gasteiger charge is -2.17. The summed E-state index contributed by atoms with van der Waals surface area (Å²) in [6, 6.07) is 4.99. The second-order valence-corrected chi connectivity index (χ2v) is 5.20. The van der Waals surface area contributed by atoms with Crippen molar-refractivity contribution in [1.29, 1.82) is 0 Å². The van der Waals surface area contributed by atoms with Crippen molar-refractivity contribution < 1.29 is 13.9 Å². The molecule has 3 nitrogen and oxygen atoms in total. The van der Waals surface area contributed by atoms with Crippen LogP contribution in [0.4, 0.5) is 4.39 Å². The first kappa shape index (κ1) is 13.7. The molecule has 1 N–H and O–H groups in total. The molecule has 1 aromatic carbocycles. The minimum Gasteiger partial charge on any atom is -0.348 e. The van der Waals surface area contributed by atoms with E-state index in [0.29, 0.717) is 25.3 Å². The van der Waals surface area contributed by atoms with Gasteiger partial charge in [0, 0.05) is 18.7 Å². The van der Waals surface area contributed by atoms with E-state index in [9.17, 15) is 4.39 Å². The van der Waals surface area contributed by atoms with E-state index in [2.05, 4.69) is 5.32 Å². The molecule has 0 spiro atoms. The number of hydrogen-bond acceptors (Lipinski definition) is 3. The Kier molecular flexibility index (Phi) is 4.22. The highest BCUT2D eigenvalue weighted by Crippen LogP contribution is 2.22. The van der Waals surface area contributed by atoms with Crippen LogP contribution < -0.4 is 5.32 Å². The molecule has 0 radical (unpaired) electrons. The monoisotopic (exact) mass is 273 g/mol. The summed E-state index contributed by atoms with van der Waals surface area (Å²) >= 11 is 5.71. The van der Waals surface area contributed by atoms with E-state index in [1.165, 1.54) is 6.07 Å². The molecule has 1 aromatic rings. The Balaban J connectivity index is 1.81. The van der Waals surface area contributed by atoms with Crippen molar-refractivity contribution in [2.75, 3.05) is 13.2 Å². The van der Waals surface area contributed by atoms with Gasteiger partial charge in [-0.3, -0.25) is 0 Å². The van der Waals surface area contributed by atoms with Gasteiger partial charge in [-0.2, -0.15) is 0 Å². The molecular weight excluding hydrogens is 257 g/mol. The third-order valence-electron chi connectivity index (χ3n) is 2.79. The van der Waals surface area contributed by atoms with Gasteiger partial charge < -0.3 is 14.8 Å². The van der Waals surface area contributed by atoms with Gasteiger partial charge in [0.15, 0.2) is 5.79 Å². The molecule has 0 saturated carbocycles. The summed E-state index contributed by atoms with van der Waals surface area (Å²) in [5.74, 6) is -0.885. The molecule has 1 fully saturated rings. The molecule has 0 bridgehead atoms. The van der Waals surface area contributed by atoms with Gasteiger partial charge in [0.1, 0.15) is 5.82 Å². The Labute approximate surface area is 111 Å². The zero-order valence-electron chi connectivity index (χ0n) is 10.5. The standard InChI is InChI=1S/C13H17ClFNO2/c1-13(2)17-8-10(18-13)7-16-6-9-4-3-5-11(14)12(9)15/h3-5,10,16H,6-8H2,1-2H3. The first-order valence-corrected chi connectivity index (χ1v) is 6.31. The molecule has 5 heteroatoms. The van der Waals surface area contributed by atoms with Crippen LogP contribution in [0.1, 0.15) is 19.4 Å². The van der Waals surface area contributed by atoms with Crippen LogP contribution in [-0.4, -0.2) is 25.0 Å². The van der Waals surface area contributed by atoms with E-state index in [-0.39, 0.29) is 16.9 Å². The molecule has 1 aliphatic rings. The second-order valence-electron chi connectivity index (χ2n) is 4.79.